The summed E-state index contributed by atoms with van der Waals surface area (Å²) >= 11 is 1.56. The fourth-order valence-electron chi connectivity index (χ4n) is 1.74. The molecule has 1 aromatic heterocycles. The molecule has 1 amide bonds. The molecule has 84 valence electrons. The maximum atomic E-state index is 11.0. The zero-order valence-electron chi connectivity index (χ0n) is 9.10. The van der Waals surface area contributed by atoms with Gasteiger partial charge in [-0.3, -0.25) is 4.79 Å². The standard InChI is InChI=1S/C12H9N3OS/c1-7(16)14-8-2-3-10-9(6-8)11(15-10)12-13-4-5-17-12/h2-6H,1H3,(H,14,16). The summed E-state index contributed by atoms with van der Waals surface area (Å²) in [5.74, 6) is -0.0722. The van der Waals surface area contributed by atoms with Crippen molar-refractivity contribution in [1.82, 2.24) is 4.98 Å². The van der Waals surface area contributed by atoms with Crippen LogP contribution in [0.5, 0.6) is 0 Å². The van der Waals surface area contributed by atoms with Gasteiger partial charge in [0.2, 0.25) is 5.91 Å². The average molecular weight is 243 g/mol. The Bertz CT molecular complexity index is 704. The molecule has 1 aliphatic heterocycles. The molecule has 0 unspecified atom stereocenters. The average Bonchev–Trinajstić information content (AvgIpc) is 2.75. The third-order valence-electron chi connectivity index (χ3n) is 2.44. The Morgan fingerprint density at radius 2 is 2.29 bits per heavy atom. The first-order valence-electron chi connectivity index (χ1n) is 5.14. The maximum Gasteiger partial charge on any atom is 0.221 e. The number of thiazole rings is 1. The van der Waals surface area contributed by atoms with E-state index in [1.807, 2.05) is 23.6 Å². The van der Waals surface area contributed by atoms with Crippen molar-refractivity contribution in [1.29, 1.82) is 0 Å². The first-order valence-corrected chi connectivity index (χ1v) is 6.02. The Morgan fingerprint density at radius 3 is 3.00 bits per heavy atom. The van der Waals surface area contributed by atoms with Gasteiger partial charge in [-0.05, 0) is 18.2 Å². The summed E-state index contributed by atoms with van der Waals surface area (Å²) in [5.41, 5.74) is 1.70. The van der Waals surface area contributed by atoms with E-state index in [0.717, 1.165) is 27.0 Å². The number of rotatable bonds is 2. The van der Waals surface area contributed by atoms with E-state index in [2.05, 4.69) is 15.3 Å². The van der Waals surface area contributed by atoms with E-state index in [4.69, 9.17) is 0 Å². The first-order chi connectivity index (χ1) is 8.24. The first kappa shape index (κ1) is 10.2. The topological polar surface area (TPSA) is 54.4 Å². The monoisotopic (exact) mass is 243 g/mol. The van der Waals surface area contributed by atoms with Crippen molar-refractivity contribution < 1.29 is 4.79 Å². The van der Waals surface area contributed by atoms with E-state index in [0.29, 0.717) is 0 Å². The van der Waals surface area contributed by atoms with Gasteiger partial charge >= 0.3 is 0 Å². The lowest BCUT2D eigenvalue weighted by molar-refractivity contribution is -0.114. The molecule has 0 aliphatic carbocycles. The molecule has 0 radical (unpaired) electrons. The molecular weight excluding hydrogens is 234 g/mol. The molecule has 0 saturated heterocycles. The SMILES string of the molecule is CC(=O)Nc1ccc2c(c1)=C(c1nccs1)N=2. The van der Waals surface area contributed by atoms with Gasteiger partial charge in [0.15, 0.2) is 0 Å². The van der Waals surface area contributed by atoms with E-state index in [9.17, 15) is 4.79 Å². The van der Waals surface area contributed by atoms with Crippen molar-refractivity contribution in [3.8, 4) is 0 Å². The van der Waals surface area contributed by atoms with Gasteiger partial charge in [0.1, 0.15) is 10.7 Å². The predicted octanol–water partition coefficient (Wildman–Crippen LogP) is 0.891. The number of fused-ring (bicyclic) bond motifs is 1. The number of hydrogen-bond donors (Lipinski definition) is 1. The molecule has 1 N–H and O–H groups in total. The second-order valence-corrected chi connectivity index (χ2v) is 4.61. The molecule has 3 rings (SSSR count). The molecule has 0 bridgehead atoms. The van der Waals surface area contributed by atoms with Crippen molar-refractivity contribution in [3.63, 3.8) is 0 Å². The number of benzene rings is 1. The predicted molar refractivity (Wildman–Crippen MR) is 66.2 cm³/mol. The Hall–Kier alpha value is -2.01. The number of amides is 1. The number of anilines is 1. The summed E-state index contributed by atoms with van der Waals surface area (Å²) < 4.78 is 0. The van der Waals surface area contributed by atoms with Gasteiger partial charge in [-0.1, -0.05) is 0 Å². The lowest BCUT2D eigenvalue weighted by atomic mass is 10.1. The summed E-state index contributed by atoms with van der Waals surface area (Å²) in [5, 5.41) is 7.60. The van der Waals surface area contributed by atoms with Crippen molar-refractivity contribution in [2.24, 2.45) is 4.99 Å². The van der Waals surface area contributed by atoms with Crippen molar-refractivity contribution in [2.45, 2.75) is 6.92 Å². The van der Waals surface area contributed by atoms with Crippen LogP contribution < -0.4 is 15.9 Å². The smallest absolute Gasteiger partial charge is 0.221 e. The number of aromatic nitrogens is 1. The lowest BCUT2D eigenvalue weighted by Gasteiger charge is -2.09. The molecule has 17 heavy (non-hydrogen) atoms. The molecule has 2 aromatic rings. The highest BCUT2D eigenvalue weighted by molar-refractivity contribution is 7.10. The van der Waals surface area contributed by atoms with Gasteiger partial charge in [-0.25, -0.2) is 9.98 Å². The summed E-state index contributed by atoms with van der Waals surface area (Å²) in [4.78, 5) is 19.6. The van der Waals surface area contributed by atoms with Crippen LogP contribution in [-0.4, -0.2) is 10.9 Å². The highest BCUT2D eigenvalue weighted by atomic mass is 32.1. The molecule has 0 saturated carbocycles. The van der Waals surface area contributed by atoms with Gasteiger partial charge in [0.25, 0.3) is 0 Å². The van der Waals surface area contributed by atoms with Crippen LogP contribution in [0, 0.1) is 0 Å². The van der Waals surface area contributed by atoms with Crippen LogP contribution in [0.25, 0.3) is 5.70 Å². The molecule has 0 atom stereocenters. The quantitative estimate of drug-likeness (QED) is 0.851. The van der Waals surface area contributed by atoms with Gasteiger partial charge in [0.05, 0.1) is 5.36 Å². The fourth-order valence-corrected chi connectivity index (χ4v) is 2.37. The number of carbonyl (C=O) groups is 1. The molecule has 4 nitrogen and oxygen atoms in total. The Kier molecular flexibility index (Phi) is 2.26. The molecule has 2 heterocycles. The fraction of sp³-hybridized carbons (Fsp3) is 0.0833. The zero-order valence-corrected chi connectivity index (χ0v) is 9.91. The van der Waals surface area contributed by atoms with E-state index in [-0.39, 0.29) is 5.91 Å². The van der Waals surface area contributed by atoms with E-state index in [1.165, 1.54) is 6.92 Å². The second-order valence-electron chi connectivity index (χ2n) is 3.71. The molecule has 0 spiro atoms. The summed E-state index contributed by atoms with van der Waals surface area (Å²) in [7, 11) is 0. The van der Waals surface area contributed by atoms with E-state index in [1.54, 1.807) is 17.5 Å². The minimum absolute atomic E-state index is 0.0722. The summed E-state index contributed by atoms with van der Waals surface area (Å²) in [6, 6.07) is 5.68. The largest absolute Gasteiger partial charge is 0.326 e. The van der Waals surface area contributed by atoms with Crippen molar-refractivity contribution >= 4 is 28.6 Å². The van der Waals surface area contributed by atoms with E-state index < -0.39 is 0 Å². The second kappa shape index (κ2) is 3.78. The van der Waals surface area contributed by atoms with Crippen molar-refractivity contribution in [2.75, 3.05) is 5.32 Å². The minimum Gasteiger partial charge on any atom is -0.326 e. The number of nitrogens with zero attached hydrogens (tertiary/aromatic N) is 2. The Balaban J connectivity index is 2.09. The van der Waals surface area contributed by atoms with Gasteiger partial charge in [-0.2, -0.15) is 0 Å². The van der Waals surface area contributed by atoms with Gasteiger partial charge in [-0.15, -0.1) is 11.3 Å². The van der Waals surface area contributed by atoms with Gasteiger partial charge in [0, 0.05) is 29.4 Å². The highest BCUT2D eigenvalue weighted by Gasteiger charge is 2.12. The van der Waals surface area contributed by atoms with E-state index >= 15 is 0 Å². The highest BCUT2D eigenvalue weighted by Crippen LogP contribution is 2.17. The normalized spacial score (nSPS) is 12.4. The molecular formula is C12H9N3OS. The maximum absolute atomic E-state index is 11.0. The number of hydrogen-bond acceptors (Lipinski definition) is 4. The summed E-state index contributed by atoms with van der Waals surface area (Å²) in [6.45, 7) is 1.50. The molecule has 5 heteroatoms. The van der Waals surface area contributed by atoms with Gasteiger partial charge < -0.3 is 5.32 Å². The molecule has 1 aromatic carbocycles. The van der Waals surface area contributed by atoms with Crippen LogP contribution in [0.15, 0.2) is 34.8 Å². The molecule has 0 fully saturated rings. The third kappa shape index (κ3) is 1.74. The Morgan fingerprint density at radius 1 is 1.41 bits per heavy atom. The van der Waals surface area contributed by atoms with Crippen LogP contribution in [0.1, 0.15) is 11.9 Å². The van der Waals surface area contributed by atoms with Crippen LogP contribution in [-0.2, 0) is 4.79 Å². The number of carbonyl (C=O) groups excluding carboxylic acids is 1. The minimum atomic E-state index is -0.0722. The zero-order chi connectivity index (χ0) is 11.8. The van der Waals surface area contributed by atoms with Crippen LogP contribution in [0.4, 0.5) is 5.69 Å². The van der Waals surface area contributed by atoms with Crippen molar-refractivity contribution in [3.05, 3.63) is 45.4 Å². The van der Waals surface area contributed by atoms with Crippen LogP contribution in [0.3, 0.4) is 0 Å². The van der Waals surface area contributed by atoms with Crippen LogP contribution in [0.2, 0.25) is 0 Å². The van der Waals surface area contributed by atoms with Crippen LogP contribution >= 0.6 is 11.3 Å². The molecule has 1 aliphatic rings. The number of nitrogens with one attached hydrogen (secondary N) is 1. The third-order valence-corrected chi connectivity index (χ3v) is 3.22. The lowest BCUT2D eigenvalue weighted by Crippen LogP contribution is -2.35. The Labute approximate surface area is 101 Å². The summed E-state index contributed by atoms with van der Waals surface area (Å²) in [6.07, 6.45) is 1.76.